The summed E-state index contributed by atoms with van der Waals surface area (Å²) in [6, 6.07) is 14.6. The highest BCUT2D eigenvalue weighted by atomic mass is 16.1. The number of anilines is 2. The molecule has 2 aromatic heterocycles. The van der Waals surface area contributed by atoms with Crippen LogP contribution in [0.5, 0.6) is 0 Å². The molecule has 5 heteroatoms. The molecule has 3 rings (SSSR count). The Morgan fingerprint density at radius 3 is 2.55 bits per heavy atom. The second kappa shape index (κ2) is 6.05. The molecular weight excluding hydrogens is 276 g/mol. The molecule has 0 aliphatic rings. The zero-order valence-electron chi connectivity index (χ0n) is 11.7. The van der Waals surface area contributed by atoms with E-state index in [4.69, 9.17) is 5.73 Å². The number of aromatic nitrogens is 2. The number of hydrogen-bond donors (Lipinski definition) is 2. The predicted octanol–water partition coefficient (Wildman–Crippen LogP) is 2.98. The van der Waals surface area contributed by atoms with E-state index < -0.39 is 0 Å². The van der Waals surface area contributed by atoms with E-state index in [1.807, 2.05) is 30.3 Å². The number of nitrogen functional groups attached to an aromatic ring is 1. The molecule has 0 fully saturated rings. The maximum absolute atomic E-state index is 12.4. The molecule has 3 N–H and O–H groups in total. The minimum atomic E-state index is -0.287. The van der Waals surface area contributed by atoms with Gasteiger partial charge in [-0.2, -0.15) is 0 Å². The molecule has 0 radical (unpaired) electrons. The van der Waals surface area contributed by atoms with Gasteiger partial charge in [-0.15, -0.1) is 0 Å². The quantitative estimate of drug-likeness (QED) is 0.777. The number of nitrogens with one attached hydrogen (secondary N) is 1. The van der Waals surface area contributed by atoms with Crippen LogP contribution < -0.4 is 11.1 Å². The van der Waals surface area contributed by atoms with Crippen molar-refractivity contribution in [3.8, 4) is 11.3 Å². The largest absolute Gasteiger partial charge is 0.396 e. The lowest BCUT2D eigenvalue weighted by Gasteiger charge is -2.10. The predicted molar refractivity (Wildman–Crippen MR) is 86.3 cm³/mol. The van der Waals surface area contributed by atoms with Gasteiger partial charge in [-0.1, -0.05) is 30.3 Å². The number of hydrogen-bond acceptors (Lipinski definition) is 4. The molecule has 3 aromatic rings. The van der Waals surface area contributed by atoms with E-state index in [1.54, 1.807) is 36.8 Å². The highest BCUT2D eigenvalue weighted by molar-refractivity contribution is 6.09. The third kappa shape index (κ3) is 2.78. The summed E-state index contributed by atoms with van der Waals surface area (Å²) < 4.78 is 0. The van der Waals surface area contributed by atoms with E-state index in [0.29, 0.717) is 22.6 Å². The molecule has 0 saturated carbocycles. The molecule has 0 saturated heterocycles. The van der Waals surface area contributed by atoms with Crippen molar-refractivity contribution in [2.45, 2.75) is 0 Å². The van der Waals surface area contributed by atoms with Gasteiger partial charge in [-0.25, -0.2) is 0 Å². The second-order valence-electron chi connectivity index (χ2n) is 4.68. The fourth-order valence-corrected chi connectivity index (χ4v) is 2.13. The molecule has 1 amide bonds. The fourth-order valence-electron chi connectivity index (χ4n) is 2.13. The first-order valence-electron chi connectivity index (χ1n) is 6.77. The molecule has 0 unspecified atom stereocenters. The Bertz CT molecular complexity index is 788. The van der Waals surface area contributed by atoms with Crippen LogP contribution in [-0.2, 0) is 0 Å². The summed E-state index contributed by atoms with van der Waals surface area (Å²) in [6.07, 6.45) is 4.80. The van der Waals surface area contributed by atoms with Crippen LogP contribution in [0.4, 0.5) is 11.4 Å². The Kier molecular flexibility index (Phi) is 3.78. The molecule has 0 spiro atoms. The van der Waals surface area contributed by atoms with Crippen LogP contribution in [0.15, 0.2) is 67.1 Å². The van der Waals surface area contributed by atoms with Gasteiger partial charge in [0.1, 0.15) is 0 Å². The summed E-state index contributed by atoms with van der Waals surface area (Å²) in [7, 11) is 0. The Hall–Kier alpha value is -3.21. The average Bonchev–Trinajstić information content (AvgIpc) is 2.56. The van der Waals surface area contributed by atoms with Gasteiger partial charge in [0.05, 0.1) is 28.8 Å². The van der Waals surface area contributed by atoms with Gasteiger partial charge in [-0.3, -0.25) is 14.8 Å². The lowest BCUT2D eigenvalue weighted by atomic mass is 10.1. The third-order valence-corrected chi connectivity index (χ3v) is 3.20. The molecule has 108 valence electrons. The highest BCUT2D eigenvalue weighted by Crippen LogP contribution is 2.26. The molecule has 22 heavy (non-hydrogen) atoms. The minimum absolute atomic E-state index is 0.287. The first kappa shape index (κ1) is 13.8. The van der Waals surface area contributed by atoms with Crippen molar-refractivity contribution in [1.82, 2.24) is 9.97 Å². The maximum atomic E-state index is 12.4. The van der Waals surface area contributed by atoms with Crippen molar-refractivity contribution in [3.63, 3.8) is 0 Å². The molecule has 0 aliphatic heterocycles. The van der Waals surface area contributed by atoms with E-state index >= 15 is 0 Å². The van der Waals surface area contributed by atoms with Crippen molar-refractivity contribution in [3.05, 3.63) is 72.7 Å². The number of carbonyl (C=O) groups excluding carboxylic acids is 1. The summed E-state index contributed by atoms with van der Waals surface area (Å²) in [6.45, 7) is 0. The van der Waals surface area contributed by atoms with E-state index in [0.717, 1.165) is 5.56 Å². The van der Waals surface area contributed by atoms with Crippen molar-refractivity contribution in [2.24, 2.45) is 0 Å². The van der Waals surface area contributed by atoms with Gasteiger partial charge in [0, 0.05) is 18.0 Å². The average molecular weight is 290 g/mol. The highest BCUT2D eigenvalue weighted by Gasteiger charge is 2.14. The number of nitrogens with two attached hydrogens (primary N) is 1. The van der Waals surface area contributed by atoms with E-state index in [-0.39, 0.29) is 5.91 Å². The van der Waals surface area contributed by atoms with Crippen LogP contribution in [0, 0.1) is 0 Å². The standard InChI is InChI=1S/C17H14N4O/c18-15-14(17(22)21-13-7-4-9-19-11-13)8-10-20-16(15)12-5-2-1-3-6-12/h1-11H,18H2,(H,21,22). The van der Waals surface area contributed by atoms with E-state index in [1.165, 1.54) is 0 Å². The van der Waals surface area contributed by atoms with Gasteiger partial charge >= 0.3 is 0 Å². The molecule has 2 heterocycles. The summed E-state index contributed by atoms with van der Waals surface area (Å²) in [5.74, 6) is -0.287. The van der Waals surface area contributed by atoms with Crippen molar-refractivity contribution in [2.75, 3.05) is 11.1 Å². The molecular formula is C17H14N4O. The second-order valence-corrected chi connectivity index (χ2v) is 4.68. The SMILES string of the molecule is Nc1c(C(=O)Nc2cccnc2)ccnc1-c1ccccc1. The van der Waals surface area contributed by atoms with Crippen LogP contribution in [0.1, 0.15) is 10.4 Å². The first-order chi connectivity index (χ1) is 10.8. The van der Waals surface area contributed by atoms with Gasteiger partial charge < -0.3 is 11.1 Å². The Morgan fingerprint density at radius 2 is 1.82 bits per heavy atom. The van der Waals surface area contributed by atoms with Gasteiger partial charge in [0.2, 0.25) is 0 Å². The normalized spacial score (nSPS) is 10.2. The van der Waals surface area contributed by atoms with Gasteiger partial charge in [0.25, 0.3) is 5.91 Å². The summed E-state index contributed by atoms with van der Waals surface area (Å²) in [5, 5.41) is 2.77. The van der Waals surface area contributed by atoms with Crippen LogP contribution in [0.3, 0.4) is 0 Å². The monoisotopic (exact) mass is 290 g/mol. The maximum Gasteiger partial charge on any atom is 0.257 e. The summed E-state index contributed by atoms with van der Waals surface area (Å²) in [5.41, 5.74) is 8.96. The molecule has 1 aromatic carbocycles. The van der Waals surface area contributed by atoms with Crippen LogP contribution >= 0.6 is 0 Å². The lowest BCUT2D eigenvalue weighted by molar-refractivity contribution is 0.102. The Balaban J connectivity index is 1.93. The lowest BCUT2D eigenvalue weighted by Crippen LogP contribution is -2.15. The first-order valence-corrected chi connectivity index (χ1v) is 6.77. The number of rotatable bonds is 3. The Labute approximate surface area is 127 Å². The van der Waals surface area contributed by atoms with Crippen LogP contribution in [0.2, 0.25) is 0 Å². The molecule has 5 nitrogen and oxygen atoms in total. The smallest absolute Gasteiger partial charge is 0.257 e. The van der Waals surface area contributed by atoms with Crippen molar-refractivity contribution >= 4 is 17.3 Å². The third-order valence-electron chi connectivity index (χ3n) is 3.20. The number of amides is 1. The molecule has 0 aliphatic carbocycles. The summed E-state index contributed by atoms with van der Waals surface area (Å²) in [4.78, 5) is 20.6. The van der Waals surface area contributed by atoms with Crippen molar-refractivity contribution < 1.29 is 4.79 Å². The van der Waals surface area contributed by atoms with Crippen LogP contribution in [0.25, 0.3) is 11.3 Å². The zero-order chi connectivity index (χ0) is 15.4. The number of carbonyl (C=O) groups is 1. The topological polar surface area (TPSA) is 80.9 Å². The fraction of sp³-hybridized carbons (Fsp3) is 0. The minimum Gasteiger partial charge on any atom is -0.396 e. The number of pyridine rings is 2. The van der Waals surface area contributed by atoms with E-state index in [2.05, 4.69) is 15.3 Å². The number of nitrogens with zero attached hydrogens (tertiary/aromatic N) is 2. The number of benzene rings is 1. The Morgan fingerprint density at radius 1 is 1.00 bits per heavy atom. The van der Waals surface area contributed by atoms with Gasteiger partial charge in [-0.05, 0) is 18.2 Å². The van der Waals surface area contributed by atoms with E-state index in [9.17, 15) is 4.79 Å². The zero-order valence-corrected chi connectivity index (χ0v) is 11.7. The summed E-state index contributed by atoms with van der Waals surface area (Å²) >= 11 is 0. The molecule has 0 atom stereocenters. The van der Waals surface area contributed by atoms with Crippen LogP contribution in [-0.4, -0.2) is 15.9 Å². The van der Waals surface area contributed by atoms with Gasteiger partial charge in [0.15, 0.2) is 0 Å². The van der Waals surface area contributed by atoms with Crippen molar-refractivity contribution in [1.29, 1.82) is 0 Å². The molecule has 0 bridgehead atoms.